The third-order valence-corrected chi connectivity index (χ3v) is 3.21. The largest absolute Gasteiger partial charge is 0.423 e. The smallest absolute Gasteiger partial charge is 0.322 e. The summed E-state index contributed by atoms with van der Waals surface area (Å²) in [5.74, 6) is -1.10. The average molecular weight is 378 g/mol. The Labute approximate surface area is 141 Å². The van der Waals surface area contributed by atoms with Gasteiger partial charge in [-0.1, -0.05) is 6.07 Å². The van der Waals surface area contributed by atoms with E-state index in [9.17, 15) is 41.3 Å². The molecule has 2 aromatic carbocycles. The van der Waals surface area contributed by atoms with E-state index in [1.807, 2.05) is 5.32 Å². The summed E-state index contributed by atoms with van der Waals surface area (Å²) in [6, 6.07) is 5.00. The van der Waals surface area contributed by atoms with Crippen molar-refractivity contribution in [3.8, 4) is 0 Å². The molecule has 11 heteroatoms. The lowest BCUT2D eigenvalue weighted by molar-refractivity contribution is -0.388. The highest BCUT2D eigenvalue weighted by atomic mass is 19.4. The summed E-state index contributed by atoms with van der Waals surface area (Å²) in [6.07, 6.45) is -9.76. The Hall–Kier alpha value is -3.11. The number of nitro groups is 1. The summed E-state index contributed by atoms with van der Waals surface area (Å²) in [6.45, 7) is 0. The van der Waals surface area contributed by atoms with Crippen LogP contribution in [0.3, 0.4) is 0 Å². The molecule has 0 fully saturated rings. The van der Waals surface area contributed by atoms with Crippen molar-refractivity contribution in [1.29, 1.82) is 0 Å². The van der Waals surface area contributed by atoms with Gasteiger partial charge in [-0.15, -0.1) is 0 Å². The predicted molar refractivity (Wildman–Crippen MR) is 77.5 cm³/mol. The van der Waals surface area contributed by atoms with E-state index in [1.165, 1.54) is 0 Å². The molecule has 0 spiro atoms. The first kappa shape index (κ1) is 19.2. The molecule has 0 bridgehead atoms. The van der Waals surface area contributed by atoms with E-state index in [0.29, 0.717) is 18.2 Å². The number of amides is 1. The highest BCUT2D eigenvalue weighted by molar-refractivity contribution is 6.04. The first-order valence-electron chi connectivity index (χ1n) is 6.74. The second-order valence-corrected chi connectivity index (χ2v) is 5.02. The van der Waals surface area contributed by atoms with Crippen molar-refractivity contribution in [2.45, 2.75) is 12.4 Å². The number of halogens is 6. The quantitative estimate of drug-likeness (QED) is 0.470. The van der Waals surface area contributed by atoms with Crippen molar-refractivity contribution < 1.29 is 36.1 Å². The fourth-order valence-electron chi connectivity index (χ4n) is 2.04. The maximum atomic E-state index is 12.9. The third kappa shape index (κ3) is 4.29. The van der Waals surface area contributed by atoms with Gasteiger partial charge >= 0.3 is 12.4 Å². The van der Waals surface area contributed by atoms with Crippen LogP contribution >= 0.6 is 0 Å². The summed E-state index contributed by atoms with van der Waals surface area (Å²) >= 11 is 0. The minimum Gasteiger partial charge on any atom is -0.322 e. The first-order chi connectivity index (χ1) is 11.9. The number of hydrogen-bond donors (Lipinski definition) is 1. The van der Waals surface area contributed by atoms with Crippen LogP contribution in [0.15, 0.2) is 42.5 Å². The molecule has 0 saturated heterocycles. The number of nitrogens with zero attached hydrogens (tertiary/aromatic N) is 1. The molecule has 1 N–H and O–H groups in total. The van der Waals surface area contributed by atoms with Crippen molar-refractivity contribution in [2.24, 2.45) is 0 Å². The minimum atomic E-state index is -5.06. The Kier molecular flexibility index (Phi) is 4.92. The predicted octanol–water partition coefficient (Wildman–Crippen LogP) is 4.88. The zero-order chi connectivity index (χ0) is 19.7. The molecular weight excluding hydrogens is 370 g/mol. The van der Waals surface area contributed by atoms with Gasteiger partial charge in [-0.2, -0.15) is 26.3 Å². The molecule has 26 heavy (non-hydrogen) atoms. The molecule has 138 valence electrons. The number of rotatable bonds is 3. The molecule has 0 saturated carbocycles. The summed E-state index contributed by atoms with van der Waals surface area (Å²) in [5, 5.41) is 12.7. The summed E-state index contributed by atoms with van der Waals surface area (Å²) < 4.78 is 76.6. The van der Waals surface area contributed by atoms with E-state index >= 15 is 0 Å². The van der Waals surface area contributed by atoms with Crippen molar-refractivity contribution in [3.63, 3.8) is 0 Å². The minimum absolute atomic E-state index is 0.337. The van der Waals surface area contributed by atoms with E-state index < -0.39 is 51.2 Å². The molecule has 0 heterocycles. The number of nitro benzene ring substituents is 1. The van der Waals surface area contributed by atoms with E-state index in [-0.39, 0.29) is 0 Å². The lowest BCUT2D eigenvalue weighted by Crippen LogP contribution is -2.15. The van der Waals surface area contributed by atoms with Crippen molar-refractivity contribution in [1.82, 2.24) is 0 Å². The molecule has 5 nitrogen and oxygen atoms in total. The molecule has 0 aliphatic rings. The molecular formula is C15H8F6N2O3. The van der Waals surface area contributed by atoms with E-state index in [4.69, 9.17) is 0 Å². The molecule has 2 aromatic rings. The normalized spacial score (nSPS) is 11.9. The zero-order valence-electron chi connectivity index (χ0n) is 12.5. The number of benzene rings is 2. The lowest BCUT2D eigenvalue weighted by Gasteiger charge is -2.11. The van der Waals surface area contributed by atoms with Crippen LogP contribution in [0.5, 0.6) is 0 Å². The highest BCUT2D eigenvalue weighted by Crippen LogP contribution is 2.37. The van der Waals surface area contributed by atoms with Crippen molar-refractivity contribution in [3.05, 3.63) is 69.3 Å². The molecule has 0 aliphatic heterocycles. The highest BCUT2D eigenvalue weighted by Gasteiger charge is 2.38. The van der Waals surface area contributed by atoms with Crippen LogP contribution in [-0.4, -0.2) is 10.8 Å². The number of alkyl halides is 6. The molecule has 0 unspecified atom stereocenters. The Morgan fingerprint density at radius 1 is 0.962 bits per heavy atom. The van der Waals surface area contributed by atoms with Crippen LogP contribution in [0.2, 0.25) is 0 Å². The van der Waals surface area contributed by atoms with Gasteiger partial charge in [0.15, 0.2) is 0 Å². The molecule has 0 radical (unpaired) electrons. The number of nitrogens with one attached hydrogen (secondary N) is 1. The summed E-state index contributed by atoms with van der Waals surface area (Å²) in [4.78, 5) is 21.4. The maximum absolute atomic E-state index is 12.9. The van der Waals surface area contributed by atoms with E-state index in [1.54, 1.807) is 0 Å². The number of carbonyl (C=O) groups is 1. The molecule has 0 aromatic heterocycles. The van der Waals surface area contributed by atoms with Crippen LogP contribution in [0, 0.1) is 10.1 Å². The third-order valence-electron chi connectivity index (χ3n) is 3.21. The Morgan fingerprint density at radius 3 is 2.15 bits per heavy atom. The Bertz CT molecular complexity index is 861. The second kappa shape index (κ2) is 6.65. The Balaban J connectivity index is 2.34. The van der Waals surface area contributed by atoms with Gasteiger partial charge in [0.1, 0.15) is 5.56 Å². The van der Waals surface area contributed by atoms with E-state index in [0.717, 1.165) is 24.3 Å². The van der Waals surface area contributed by atoms with Gasteiger partial charge in [0.25, 0.3) is 11.6 Å². The van der Waals surface area contributed by atoms with Crippen LogP contribution in [0.1, 0.15) is 21.5 Å². The van der Waals surface area contributed by atoms with Crippen molar-refractivity contribution in [2.75, 3.05) is 5.32 Å². The van der Waals surface area contributed by atoms with Gasteiger partial charge < -0.3 is 5.32 Å². The maximum Gasteiger partial charge on any atom is 0.423 e. The van der Waals surface area contributed by atoms with Gasteiger partial charge in [-0.25, -0.2) is 0 Å². The van der Waals surface area contributed by atoms with Gasteiger partial charge in [0.2, 0.25) is 0 Å². The van der Waals surface area contributed by atoms with Gasteiger partial charge in [0.05, 0.1) is 10.5 Å². The molecule has 2 rings (SSSR count). The topological polar surface area (TPSA) is 72.2 Å². The SMILES string of the molecule is O=C(Nc1ccc([N+](=O)[O-])c(C(F)(F)F)c1)c1cccc(C(F)(F)F)c1. The van der Waals surface area contributed by atoms with Gasteiger partial charge in [0, 0.05) is 17.3 Å². The first-order valence-corrected chi connectivity index (χ1v) is 6.74. The van der Waals surface area contributed by atoms with Crippen LogP contribution < -0.4 is 5.32 Å². The van der Waals surface area contributed by atoms with Crippen LogP contribution in [-0.2, 0) is 12.4 Å². The average Bonchev–Trinajstić information content (AvgIpc) is 2.53. The molecule has 0 atom stereocenters. The molecule has 1 amide bonds. The fraction of sp³-hybridized carbons (Fsp3) is 0.133. The fourth-order valence-corrected chi connectivity index (χ4v) is 2.04. The Morgan fingerprint density at radius 2 is 1.62 bits per heavy atom. The number of anilines is 1. The second-order valence-electron chi connectivity index (χ2n) is 5.02. The number of carbonyl (C=O) groups excluding carboxylic acids is 1. The molecule has 0 aliphatic carbocycles. The van der Waals surface area contributed by atoms with Gasteiger partial charge in [-0.3, -0.25) is 14.9 Å². The van der Waals surface area contributed by atoms with E-state index in [2.05, 4.69) is 0 Å². The van der Waals surface area contributed by atoms with Gasteiger partial charge in [-0.05, 0) is 30.3 Å². The summed E-state index contributed by atoms with van der Waals surface area (Å²) in [7, 11) is 0. The standard InChI is InChI=1S/C15H8F6N2O3/c16-14(17,18)9-3-1-2-8(6-9)13(24)22-10-4-5-12(23(25)26)11(7-10)15(19,20)21/h1-7H,(H,22,24). The lowest BCUT2D eigenvalue weighted by atomic mass is 10.1. The van der Waals surface area contributed by atoms with Crippen molar-refractivity contribution >= 4 is 17.3 Å². The van der Waals surface area contributed by atoms with Crippen LogP contribution in [0.25, 0.3) is 0 Å². The summed E-state index contributed by atoms with van der Waals surface area (Å²) in [5.41, 5.74) is -4.80. The zero-order valence-corrected chi connectivity index (χ0v) is 12.5. The number of hydrogen-bond acceptors (Lipinski definition) is 3. The monoisotopic (exact) mass is 378 g/mol. The van der Waals surface area contributed by atoms with Crippen LogP contribution in [0.4, 0.5) is 37.7 Å².